The summed E-state index contributed by atoms with van der Waals surface area (Å²) in [6.07, 6.45) is 41.3. The van der Waals surface area contributed by atoms with E-state index in [0.717, 1.165) is 51.4 Å². The molecule has 0 atom stereocenters. The third-order valence-electron chi connectivity index (χ3n) is 8.47. The Labute approximate surface area is 281 Å². The van der Waals surface area contributed by atoms with Crippen molar-refractivity contribution in [2.75, 3.05) is 0 Å². The van der Waals surface area contributed by atoms with Crippen LogP contribution in [0.3, 0.4) is 0 Å². The Kier molecular flexibility index (Phi) is 31.2. The average Bonchev–Trinajstić information content (AvgIpc) is 3.00. The molecule has 0 bridgehead atoms. The number of unbranched alkanes of at least 4 members (excludes halogenated alkanes) is 22. The molecule has 0 unspecified atom stereocenters. The van der Waals surface area contributed by atoms with Crippen molar-refractivity contribution in [3.05, 3.63) is 24.3 Å². The second kappa shape index (κ2) is 32.4. The highest BCUT2D eigenvalue weighted by molar-refractivity contribution is 5.71. The third-order valence-corrected chi connectivity index (χ3v) is 8.47. The van der Waals surface area contributed by atoms with Crippen LogP contribution in [0.1, 0.15) is 214 Å². The molecule has 0 aliphatic rings. The molecule has 0 aliphatic heterocycles. The van der Waals surface area contributed by atoms with E-state index in [-0.39, 0.29) is 11.9 Å². The number of carbonyl (C=O) groups excluding carboxylic acids is 2. The average molecular weight is 633 g/mol. The summed E-state index contributed by atoms with van der Waals surface area (Å²) in [6.45, 7) is 10.4. The molecule has 0 saturated carbocycles. The van der Waals surface area contributed by atoms with Gasteiger partial charge >= 0.3 is 11.9 Å². The van der Waals surface area contributed by atoms with Crippen molar-refractivity contribution in [3.8, 4) is 0 Å². The summed E-state index contributed by atoms with van der Waals surface area (Å²) in [6, 6.07) is 0. The summed E-state index contributed by atoms with van der Waals surface area (Å²) in [5, 5.41) is 0. The number of hydrogen-bond acceptors (Lipinski definition) is 4. The SMILES string of the molecule is CCCCCCCC/C=C\CCCCCCCC(=O)OC(OC(=O)CCCCCCC/C=C\CCCCCCCC)C(C)(C)C. The molecule has 0 amide bonds. The van der Waals surface area contributed by atoms with Crippen LogP contribution in [-0.4, -0.2) is 18.2 Å². The Morgan fingerprint density at radius 1 is 0.444 bits per heavy atom. The van der Waals surface area contributed by atoms with Crippen LogP contribution in [0.5, 0.6) is 0 Å². The molecular formula is C41H76O4. The standard InChI is InChI=1S/C41H76O4/c1-6-8-10-12-14-16-18-20-22-24-26-28-30-32-34-36-38(42)44-40(41(3,4)5)45-39(43)37-35-33-31-29-27-25-23-21-19-17-15-13-11-9-7-2/h20-23,40H,6-19,24-37H2,1-5H3/b22-20-,23-21-. The maximum atomic E-state index is 12.5. The summed E-state index contributed by atoms with van der Waals surface area (Å²) >= 11 is 0. The lowest BCUT2D eigenvalue weighted by Crippen LogP contribution is -2.36. The first-order valence-electron chi connectivity index (χ1n) is 19.5. The molecular weight excluding hydrogens is 556 g/mol. The van der Waals surface area contributed by atoms with Crippen LogP contribution in [0, 0.1) is 5.41 Å². The van der Waals surface area contributed by atoms with Crippen LogP contribution in [0.25, 0.3) is 0 Å². The molecule has 4 nitrogen and oxygen atoms in total. The number of ether oxygens (including phenoxy) is 2. The van der Waals surface area contributed by atoms with Gasteiger partial charge in [0.1, 0.15) is 0 Å². The molecule has 0 fully saturated rings. The van der Waals surface area contributed by atoms with Crippen molar-refractivity contribution >= 4 is 11.9 Å². The number of hydrogen-bond donors (Lipinski definition) is 0. The van der Waals surface area contributed by atoms with Crippen molar-refractivity contribution in [3.63, 3.8) is 0 Å². The largest absolute Gasteiger partial charge is 0.425 e. The van der Waals surface area contributed by atoms with Gasteiger partial charge in [-0.05, 0) is 64.2 Å². The van der Waals surface area contributed by atoms with Gasteiger partial charge in [-0.2, -0.15) is 0 Å². The number of carbonyl (C=O) groups is 2. The van der Waals surface area contributed by atoms with Crippen LogP contribution >= 0.6 is 0 Å². The Morgan fingerprint density at radius 3 is 1.00 bits per heavy atom. The second-order valence-electron chi connectivity index (χ2n) is 14.3. The molecule has 0 rings (SSSR count). The van der Waals surface area contributed by atoms with Crippen molar-refractivity contribution < 1.29 is 19.1 Å². The zero-order valence-corrected chi connectivity index (χ0v) is 30.8. The Bertz CT molecular complexity index is 664. The highest BCUT2D eigenvalue weighted by atomic mass is 16.7. The number of esters is 2. The molecule has 0 radical (unpaired) electrons. The first kappa shape index (κ1) is 43.4. The van der Waals surface area contributed by atoms with Crippen molar-refractivity contribution in [1.82, 2.24) is 0 Å². The Hall–Kier alpha value is -1.58. The fraction of sp³-hybridized carbons (Fsp3) is 0.854. The highest BCUT2D eigenvalue weighted by Crippen LogP contribution is 2.25. The van der Waals surface area contributed by atoms with Crippen molar-refractivity contribution in [2.24, 2.45) is 5.41 Å². The minimum Gasteiger partial charge on any atom is -0.425 e. The molecule has 0 heterocycles. The van der Waals surface area contributed by atoms with Gasteiger partial charge in [0, 0.05) is 18.3 Å². The first-order chi connectivity index (χ1) is 21.8. The maximum absolute atomic E-state index is 12.5. The van der Waals surface area contributed by atoms with Gasteiger partial charge in [0.2, 0.25) is 0 Å². The van der Waals surface area contributed by atoms with Gasteiger partial charge in [0.15, 0.2) is 0 Å². The Morgan fingerprint density at radius 2 is 0.711 bits per heavy atom. The van der Waals surface area contributed by atoms with E-state index in [4.69, 9.17) is 9.47 Å². The molecule has 0 aromatic heterocycles. The molecule has 0 aromatic carbocycles. The van der Waals surface area contributed by atoms with Gasteiger partial charge in [-0.15, -0.1) is 0 Å². The summed E-state index contributed by atoms with van der Waals surface area (Å²) in [5.74, 6) is -0.525. The van der Waals surface area contributed by atoms with Gasteiger partial charge in [0.25, 0.3) is 6.29 Å². The Balaban J connectivity index is 3.84. The predicted octanol–water partition coefficient (Wildman–Crippen LogP) is 13.5. The van der Waals surface area contributed by atoms with Crippen LogP contribution in [0.15, 0.2) is 24.3 Å². The van der Waals surface area contributed by atoms with Gasteiger partial charge in [-0.3, -0.25) is 9.59 Å². The van der Waals surface area contributed by atoms with Gasteiger partial charge < -0.3 is 9.47 Å². The van der Waals surface area contributed by atoms with E-state index in [1.54, 1.807) is 0 Å². The van der Waals surface area contributed by atoms with E-state index in [1.165, 1.54) is 116 Å². The molecule has 4 heteroatoms. The zero-order chi connectivity index (χ0) is 33.3. The zero-order valence-electron chi connectivity index (χ0n) is 30.8. The molecule has 0 spiro atoms. The summed E-state index contributed by atoms with van der Waals surface area (Å²) in [5.41, 5.74) is -0.448. The molecule has 45 heavy (non-hydrogen) atoms. The lowest BCUT2D eigenvalue weighted by Gasteiger charge is -2.29. The van der Waals surface area contributed by atoms with E-state index in [9.17, 15) is 9.59 Å². The number of rotatable bonds is 32. The van der Waals surface area contributed by atoms with E-state index >= 15 is 0 Å². The summed E-state index contributed by atoms with van der Waals surface area (Å²) in [4.78, 5) is 25.0. The maximum Gasteiger partial charge on any atom is 0.308 e. The van der Waals surface area contributed by atoms with E-state index in [1.807, 2.05) is 20.8 Å². The fourth-order valence-corrected chi connectivity index (χ4v) is 5.41. The second-order valence-corrected chi connectivity index (χ2v) is 14.3. The molecule has 264 valence electrons. The highest BCUT2D eigenvalue weighted by Gasteiger charge is 2.31. The first-order valence-corrected chi connectivity index (χ1v) is 19.5. The number of allylic oxidation sites excluding steroid dienone is 4. The molecule has 0 saturated heterocycles. The van der Waals surface area contributed by atoms with Gasteiger partial charge in [-0.25, -0.2) is 0 Å². The van der Waals surface area contributed by atoms with Gasteiger partial charge in [0.05, 0.1) is 0 Å². The minimum absolute atomic E-state index is 0.263. The monoisotopic (exact) mass is 633 g/mol. The summed E-state index contributed by atoms with van der Waals surface area (Å²) in [7, 11) is 0. The van der Waals surface area contributed by atoms with Crippen LogP contribution in [0.2, 0.25) is 0 Å². The lowest BCUT2D eigenvalue weighted by atomic mass is 9.96. The molecule has 0 aliphatic carbocycles. The van der Waals surface area contributed by atoms with E-state index in [2.05, 4.69) is 38.2 Å². The predicted molar refractivity (Wildman–Crippen MR) is 194 cm³/mol. The molecule has 0 aromatic rings. The van der Waals surface area contributed by atoms with Crippen LogP contribution < -0.4 is 0 Å². The topological polar surface area (TPSA) is 52.6 Å². The third kappa shape index (κ3) is 32.2. The smallest absolute Gasteiger partial charge is 0.308 e. The fourth-order valence-electron chi connectivity index (χ4n) is 5.41. The normalized spacial score (nSPS) is 12.1. The van der Waals surface area contributed by atoms with Crippen molar-refractivity contribution in [1.29, 1.82) is 0 Å². The van der Waals surface area contributed by atoms with E-state index in [0.29, 0.717) is 12.8 Å². The summed E-state index contributed by atoms with van der Waals surface area (Å²) < 4.78 is 11.3. The van der Waals surface area contributed by atoms with Crippen LogP contribution in [0.4, 0.5) is 0 Å². The molecule has 0 N–H and O–H groups in total. The quantitative estimate of drug-likeness (QED) is 0.0320. The van der Waals surface area contributed by atoms with Gasteiger partial charge in [-0.1, -0.05) is 162 Å². The minimum atomic E-state index is -0.830. The lowest BCUT2D eigenvalue weighted by molar-refractivity contribution is -0.207. The van der Waals surface area contributed by atoms with Crippen LogP contribution in [-0.2, 0) is 19.1 Å². The van der Waals surface area contributed by atoms with E-state index < -0.39 is 11.7 Å². The van der Waals surface area contributed by atoms with Crippen molar-refractivity contribution in [2.45, 2.75) is 221 Å².